The fourth-order valence-corrected chi connectivity index (χ4v) is 2.06. The number of hydrogen-bond donors (Lipinski definition) is 1. The second kappa shape index (κ2) is 5.14. The van der Waals surface area contributed by atoms with E-state index >= 15 is 0 Å². The third-order valence-electron chi connectivity index (χ3n) is 3.36. The Labute approximate surface area is 101 Å². The lowest BCUT2D eigenvalue weighted by molar-refractivity contribution is -0.151. The van der Waals surface area contributed by atoms with E-state index in [4.69, 9.17) is 4.74 Å². The smallest absolute Gasteiger partial charge is 0.377 e. The average molecular weight is 253 g/mol. The topological polar surface area (TPSA) is 21.3 Å². The maximum Gasteiger partial charge on any atom is 0.401 e. The average Bonchev–Trinajstić information content (AvgIpc) is 2.13. The zero-order chi connectivity index (χ0) is 13.3. The van der Waals surface area contributed by atoms with E-state index in [-0.39, 0.29) is 17.6 Å². The predicted octanol–water partition coefficient (Wildman–Crippen LogP) is 2.98. The lowest BCUT2D eigenvalue weighted by atomic mass is 9.64. The van der Waals surface area contributed by atoms with Crippen LogP contribution in [0.2, 0.25) is 0 Å². The minimum atomic E-state index is -4.14. The zero-order valence-corrected chi connectivity index (χ0v) is 10.9. The maximum atomic E-state index is 12.1. The molecule has 0 saturated heterocycles. The number of alkyl halides is 3. The molecule has 0 heterocycles. The van der Waals surface area contributed by atoms with Crippen molar-refractivity contribution in [3.63, 3.8) is 0 Å². The quantitative estimate of drug-likeness (QED) is 0.813. The van der Waals surface area contributed by atoms with Crippen molar-refractivity contribution < 1.29 is 17.9 Å². The summed E-state index contributed by atoms with van der Waals surface area (Å²) in [7, 11) is 0. The molecule has 1 rings (SSSR count). The highest BCUT2D eigenvalue weighted by Crippen LogP contribution is 2.43. The van der Waals surface area contributed by atoms with Crippen LogP contribution >= 0.6 is 0 Å². The predicted molar refractivity (Wildman–Crippen MR) is 60.8 cm³/mol. The summed E-state index contributed by atoms with van der Waals surface area (Å²) in [6.45, 7) is 7.78. The van der Waals surface area contributed by atoms with Gasteiger partial charge in [0.25, 0.3) is 0 Å². The van der Waals surface area contributed by atoms with Crippen molar-refractivity contribution in [1.29, 1.82) is 0 Å². The van der Waals surface area contributed by atoms with Gasteiger partial charge < -0.3 is 10.1 Å². The molecule has 102 valence electrons. The Bertz CT molecular complexity index is 251. The summed E-state index contributed by atoms with van der Waals surface area (Å²) in [5, 5.41) is 2.56. The van der Waals surface area contributed by atoms with Gasteiger partial charge in [-0.25, -0.2) is 0 Å². The Morgan fingerprint density at radius 3 is 2.35 bits per heavy atom. The molecule has 5 heteroatoms. The number of hydrogen-bond acceptors (Lipinski definition) is 2. The zero-order valence-electron chi connectivity index (χ0n) is 10.9. The second-order valence-corrected chi connectivity index (χ2v) is 5.82. The summed E-state index contributed by atoms with van der Waals surface area (Å²) in [6, 6.07) is -0.110. The molecule has 0 bridgehead atoms. The molecule has 0 aromatic heterocycles. The van der Waals surface area contributed by atoms with Gasteiger partial charge in [0.2, 0.25) is 0 Å². The van der Waals surface area contributed by atoms with Crippen molar-refractivity contribution in [2.24, 2.45) is 11.3 Å². The number of halogens is 3. The normalized spacial score (nSPS) is 28.2. The van der Waals surface area contributed by atoms with Crippen LogP contribution in [0.5, 0.6) is 0 Å². The van der Waals surface area contributed by atoms with Crippen molar-refractivity contribution in [2.45, 2.75) is 52.4 Å². The summed E-state index contributed by atoms with van der Waals surface area (Å²) in [5.41, 5.74) is -0.222. The highest BCUT2D eigenvalue weighted by molar-refractivity contribution is 5.02. The Morgan fingerprint density at radius 1 is 1.35 bits per heavy atom. The summed E-state index contributed by atoms with van der Waals surface area (Å²) >= 11 is 0. The van der Waals surface area contributed by atoms with Crippen molar-refractivity contribution in [2.75, 3.05) is 13.2 Å². The van der Waals surface area contributed by atoms with Crippen molar-refractivity contribution in [3.8, 4) is 0 Å². The van der Waals surface area contributed by atoms with Crippen molar-refractivity contribution in [3.05, 3.63) is 0 Å². The molecular weight excluding hydrogens is 231 g/mol. The molecule has 1 fully saturated rings. The van der Waals surface area contributed by atoms with E-state index in [0.29, 0.717) is 18.9 Å². The maximum absolute atomic E-state index is 12.1. The molecule has 1 saturated carbocycles. The van der Waals surface area contributed by atoms with Gasteiger partial charge in [-0.05, 0) is 12.3 Å². The fourth-order valence-electron chi connectivity index (χ4n) is 2.06. The molecule has 0 aromatic rings. The summed E-state index contributed by atoms with van der Waals surface area (Å²) in [6.07, 6.45) is -3.41. The first-order chi connectivity index (χ1) is 7.63. The molecule has 2 atom stereocenters. The van der Waals surface area contributed by atoms with Gasteiger partial charge in [-0.1, -0.05) is 27.7 Å². The Hall–Kier alpha value is -0.290. The third-order valence-corrected chi connectivity index (χ3v) is 3.36. The lowest BCUT2D eigenvalue weighted by Crippen LogP contribution is -2.62. The van der Waals surface area contributed by atoms with E-state index in [1.165, 1.54) is 0 Å². The van der Waals surface area contributed by atoms with Gasteiger partial charge in [-0.2, -0.15) is 13.2 Å². The summed E-state index contributed by atoms with van der Waals surface area (Å²) < 4.78 is 42.0. The van der Waals surface area contributed by atoms with Gasteiger partial charge in [0.15, 0.2) is 0 Å². The molecule has 1 aliphatic carbocycles. The molecular formula is C12H22F3NO. The van der Waals surface area contributed by atoms with E-state index in [9.17, 15) is 13.2 Å². The van der Waals surface area contributed by atoms with Crippen LogP contribution in [0.1, 0.15) is 34.1 Å². The van der Waals surface area contributed by atoms with Crippen molar-refractivity contribution in [1.82, 2.24) is 5.32 Å². The second-order valence-electron chi connectivity index (χ2n) is 5.82. The minimum absolute atomic E-state index is 0.0654. The Morgan fingerprint density at radius 2 is 1.94 bits per heavy atom. The molecule has 0 amide bonds. The van der Waals surface area contributed by atoms with Crippen LogP contribution in [0.3, 0.4) is 0 Å². The monoisotopic (exact) mass is 253 g/mol. The van der Waals surface area contributed by atoms with Crippen LogP contribution in [0.25, 0.3) is 0 Å². The van der Waals surface area contributed by atoms with Crippen LogP contribution in [0, 0.1) is 11.3 Å². The Kier molecular flexibility index (Phi) is 4.47. The fraction of sp³-hybridized carbons (Fsp3) is 1.00. The first-order valence-electron chi connectivity index (χ1n) is 6.04. The SMILES string of the molecule is CC(C)COC1CC(NCC(F)(F)F)C1(C)C. The third kappa shape index (κ3) is 4.14. The van der Waals surface area contributed by atoms with Gasteiger partial charge in [0.05, 0.1) is 12.6 Å². The lowest BCUT2D eigenvalue weighted by Gasteiger charge is -2.52. The van der Waals surface area contributed by atoms with Crippen LogP contribution < -0.4 is 5.32 Å². The number of nitrogens with one attached hydrogen (secondary N) is 1. The highest BCUT2D eigenvalue weighted by Gasteiger charge is 2.49. The molecule has 0 aliphatic heterocycles. The van der Waals surface area contributed by atoms with Gasteiger partial charge >= 0.3 is 6.18 Å². The molecule has 0 spiro atoms. The van der Waals surface area contributed by atoms with E-state index in [0.717, 1.165) is 0 Å². The van der Waals surface area contributed by atoms with Crippen LogP contribution in [-0.4, -0.2) is 31.5 Å². The van der Waals surface area contributed by atoms with E-state index in [2.05, 4.69) is 19.2 Å². The highest BCUT2D eigenvalue weighted by atomic mass is 19.4. The first kappa shape index (κ1) is 14.8. The van der Waals surface area contributed by atoms with Crippen LogP contribution in [0.4, 0.5) is 13.2 Å². The van der Waals surface area contributed by atoms with Gasteiger partial charge in [-0.3, -0.25) is 0 Å². The molecule has 0 radical (unpaired) electrons. The van der Waals surface area contributed by atoms with Crippen LogP contribution in [0.15, 0.2) is 0 Å². The Balaban J connectivity index is 2.33. The number of rotatable bonds is 5. The van der Waals surface area contributed by atoms with Crippen molar-refractivity contribution >= 4 is 0 Å². The molecule has 2 unspecified atom stereocenters. The van der Waals surface area contributed by atoms with E-state index in [1.54, 1.807) is 0 Å². The minimum Gasteiger partial charge on any atom is -0.377 e. The largest absolute Gasteiger partial charge is 0.401 e. The van der Waals surface area contributed by atoms with Gasteiger partial charge in [0.1, 0.15) is 0 Å². The summed E-state index contributed by atoms with van der Waals surface area (Å²) in [5.74, 6) is 0.452. The molecule has 1 aliphatic rings. The van der Waals surface area contributed by atoms with Gasteiger partial charge in [0, 0.05) is 18.1 Å². The molecule has 2 nitrogen and oxygen atoms in total. The molecule has 0 aromatic carbocycles. The first-order valence-corrected chi connectivity index (χ1v) is 6.04. The molecule has 17 heavy (non-hydrogen) atoms. The standard InChI is InChI=1S/C12H22F3NO/c1-8(2)6-17-10-5-9(11(10,3)4)16-7-12(13,14)15/h8-10,16H,5-7H2,1-4H3. The van der Waals surface area contributed by atoms with E-state index in [1.807, 2.05) is 13.8 Å². The molecule has 1 N–H and O–H groups in total. The van der Waals surface area contributed by atoms with E-state index < -0.39 is 12.7 Å². The van der Waals surface area contributed by atoms with Gasteiger partial charge in [-0.15, -0.1) is 0 Å². The number of ether oxygens (including phenoxy) is 1. The summed E-state index contributed by atoms with van der Waals surface area (Å²) in [4.78, 5) is 0. The van der Waals surface area contributed by atoms with Crippen LogP contribution in [-0.2, 0) is 4.74 Å².